The maximum atomic E-state index is 13.3. The predicted octanol–water partition coefficient (Wildman–Crippen LogP) is 3.93. The van der Waals surface area contributed by atoms with Crippen LogP contribution in [0.2, 0.25) is 0 Å². The Balaban J connectivity index is 2.03. The summed E-state index contributed by atoms with van der Waals surface area (Å²) in [5.74, 6) is -1.29. The summed E-state index contributed by atoms with van der Waals surface area (Å²) in [7, 11) is 0. The normalized spacial score (nSPS) is 17.5. The maximum Gasteiger partial charge on any atom is 0.290 e. The van der Waals surface area contributed by atoms with E-state index < -0.39 is 23.5 Å². The van der Waals surface area contributed by atoms with Gasteiger partial charge >= 0.3 is 0 Å². The van der Waals surface area contributed by atoms with Crippen LogP contribution in [0.15, 0.2) is 58.4 Å². The number of benzene rings is 1. The zero-order valence-electron chi connectivity index (χ0n) is 14.6. The van der Waals surface area contributed by atoms with Crippen molar-refractivity contribution in [1.29, 1.82) is 0 Å². The highest BCUT2D eigenvalue weighted by Crippen LogP contribution is 2.39. The van der Waals surface area contributed by atoms with Gasteiger partial charge in [-0.1, -0.05) is 26.0 Å². The van der Waals surface area contributed by atoms with Gasteiger partial charge in [0.1, 0.15) is 11.6 Å². The first kappa shape index (κ1) is 17.9. The van der Waals surface area contributed by atoms with Crippen molar-refractivity contribution in [1.82, 2.24) is 4.90 Å². The van der Waals surface area contributed by atoms with Crippen LogP contribution in [0.5, 0.6) is 0 Å². The minimum atomic E-state index is -0.778. The van der Waals surface area contributed by atoms with Crippen molar-refractivity contribution in [3.8, 4) is 0 Å². The fourth-order valence-corrected chi connectivity index (χ4v) is 3.14. The molecule has 2 heterocycles. The number of halogens is 1. The molecule has 26 heavy (non-hydrogen) atoms. The highest BCUT2D eigenvalue weighted by atomic mass is 19.1. The minimum absolute atomic E-state index is 0.0573. The Morgan fingerprint density at radius 1 is 1.27 bits per heavy atom. The van der Waals surface area contributed by atoms with Crippen molar-refractivity contribution in [3.05, 3.63) is 71.1 Å². The predicted molar refractivity (Wildman–Crippen MR) is 92.5 cm³/mol. The third kappa shape index (κ3) is 3.40. The van der Waals surface area contributed by atoms with Gasteiger partial charge in [-0.25, -0.2) is 4.39 Å². The number of rotatable bonds is 6. The summed E-state index contributed by atoms with van der Waals surface area (Å²) in [6, 6.07) is 8.20. The van der Waals surface area contributed by atoms with Crippen molar-refractivity contribution in [2.75, 3.05) is 0 Å². The van der Waals surface area contributed by atoms with Crippen molar-refractivity contribution in [2.45, 2.75) is 32.9 Å². The number of amides is 1. The molecule has 1 aliphatic heterocycles. The fourth-order valence-electron chi connectivity index (χ4n) is 3.14. The van der Waals surface area contributed by atoms with E-state index in [0.717, 1.165) is 0 Å². The van der Waals surface area contributed by atoms with Crippen LogP contribution in [0.25, 0.3) is 0 Å². The number of aliphatic hydroxyl groups excluding tert-OH is 1. The number of hydrogen-bond donors (Lipinski definition) is 1. The second kappa shape index (κ2) is 7.15. The first-order chi connectivity index (χ1) is 12.4. The molecule has 1 aromatic carbocycles. The SMILES string of the molecule is CC(C)CC(=O)C1=C(O)C(=O)N(Cc2ccco2)C1c1ccc(F)cc1. The topological polar surface area (TPSA) is 70.8 Å². The van der Waals surface area contributed by atoms with Crippen molar-refractivity contribution < 1.29 is 23.5 Å². The Hall–Kier alpha value is -2.89. The average molecular weight is 357 g/mol. The van der Waals surface area contributed by atoms with E-state index in [2.05, 4.69) is 0 Å². The standard InChI is InChI=1S/C20H20FNO4/c1-12(2)10-16(23)17-18(13-5-7-14(21)8-6-13)22(20(25)19(17)24)11-15-4-3-9-26-15/h3-9,12,18,24H,10-11H2,1-2H3. The molecule has 1 amide bonds. The van der Waals surface area contributed by atoms with Crippen molar-refractivity contribution >= 4 is 11.7 Å². The number of furan rings is 1. The Kier molecular flexibility index (Phi) is 4.93. The Morgan fingerprint density at radius 3 is 2.54 bits per heavy atom. The smallest absolute Gasteiger partial charge is 0.290 e. The summed E-state index contributed by atoms with van der Waals surface area (Å²) in [4.78, 5) is 26.7. The monoisotopic (exact) mass is 357 g/mol. The molecule has 1 unspecified atom stereocenters. The van der Waals surface area contributed by atoms with Gasteiger partial charge in [0.05, 0.1) is 24.4 Å². The number of ketones is 1. The maximum absolute atomic E-state index is 13.3. The number of carbonyl (C=O) groups is 2. The van der Waals surface area contributed by atoms with Crippen molar-refractivity contribution in [3.63, 3.8) is 0 Å². The van der Waals surface area contributed by atoms with Gasteiger partial charge in [0.25, 0.3) is 5.91 Å². The third-order valence-electron chi connectivity index (χ3n) is 4.29. The lowest BCUT2D eigenvalue weighted by molar-refractivity contribution is -0.130. The van der Waals surface area contributed by atoms with Gasteiger partial charge in [0, 0.05) is 6.42 Å². The highest BCUT2D eigenvalue weighted by Gasteiger charge is 2.43. The van der Waals surface area contributed by atoms with E-state index >= 15 is 0 Å². The lowest BCUT2D eigenvalue weighted by Crippen LogP contribution is -2.30. The van der Waals surface area contributed by atoms with Crippen LogP contribution in [0, 0.1) is 11.7 Å². The Bertz CT molecular complexity index is 837. The fraction of sp³-hybridized carbons (Fsp3) is 0.300. The lowest BCUT2D eigenvalue weighted by atomic mass is 9.92. The molecule has 3 rings (SSSR count). The second-order valence-electron chi connectivity index (χ2n) is 6.75. The summed E-state index contributed by atoms with van der Waals surface area (Å²) in [6.45, 7) is 3.87. The molecular formula is C20H20FNO4. The molecule has 0 bridgehead atoms. The van der Waals surface area contributed by atoms with E-state index in [1.54, 1.807) is 12.1 Å². The molecule has 0 spiro atoms. The van der Waals surface area contributed by atoms with E-state index in [9.17, 15) is 19.1 Å². The Labute approximate surface area is 150 Å². The molecule has 2 aromatic rings. The first-order valence-electron chi connectivity index (χ1n) is 8.43. The number of aliphatic hydroxyl groups is 1. The van der Waals surface area contributed by atoms with Crippen LogP contribution >= 0.6 is 0 Å². The molecular weight excluding hydrogens is 337 g/mol. The first-order valence-corrected chi connectivity index (χ1v) is 8.43. The van der Waals surface area contributed by atoms with Gasteiger partial charge < -0.3 is 14.4 Å². The zero-order valence-corrected chi connectivity index (χ0v) is 14.6. The minimum Gasteiger partial charge on any atom is -0.503 e. The third-order valence-corrected chi connectivity index (χ3v) is 4.29. The molecule has 5 nitrogen and oxygen atoms in total. The largest absolute Gasteiger partial charge is 0.503 e. The highest BCUT2D eigenvalue weighted by molar-refractivity contribution is 6.08. The summed E-state index contributed by atoms with van der Waals surface area (Å²) in [5, 5.41) is 10.4. The molecule has 1 aromatic heterocycles. The summed E-state index contributed by atoms with van der Waals surface area (Å²) < 4.78 is 18.6. The lowest BCUT2D eigenvalue weighted by Gasteiger charge is -2.26. The van der Waals surface area contributed by atoms with Gasteiger partial charge in [0.2, 0.25) is 0 Å². The quantitative estimate of drug-likeness (QED) is 0.850. The molecule has 1 N–H and O–H groups in total. The van der Waals surface area contributed by atoms with Crippen LogP contribution in [0.4, 0.5) is 4.39 Å². The molecule has 0 saturated heterocycles. The second-order valence-corrected chi connectivity index (χ2v) is 6.75. The number of carbonyl (C=O) groups excluding carboxylic acids is 2. The van der Waals surface area contributed by atoms with Crippen LogP contribution < -0.4 is 0 Å². The van der Waals surface area contributed by atoms with E-state index in [0.29, 0.717) is 11.3 Å². The van der Waals surface area contributed by atoms with Gasteiger partial charge in [-0.05, 0) is 35.7 Å². The van der Waals surface area contributed by atoms with Crippen molar-refractivity contribution in [2.24, 2.45) is 5.92 Å². The average Bonchev–Trinajstić information content (AvgIpc) is 3.17. The zero-order chi connectivity index (χ0) is 18.8. The number of Topliss-reactive ketones (excluding diaryl/α,β-unsaturated/α-hetero) is 1. The van der Waals surface area contributed by atoms with Crippen LogP contribution in [0.3, 0.4) is 0 Å². The molecule has 0 fully saturated rings. The van der Waals surface area contributed by atoms with Gasteiger partial charge in [0.15, 0.2) is 11.5 Å². The van der Waals surface area contributed by atoms with E-state index in [-0.39, 0.29) is 30.2 Å². The molecule has 0 saturated carbocycles. The molecule has 136 valence electrons. The van der Waals surface area contributed by atoms with E-state index in [4.69, 9.17) is 4.42 Å². The molecule has 1 atom stereocenters. The molecule has 0 radical (unpaired) electrons. The van der Waals surface area contributed by atoms with Gasteiger partial charge in [-0.3, -0.25) is 9.59 Å². The van der Waals surface area contributed by atoms with Crippen LogP contribution in [-0.2, 0) is 16.1 Å². The van der Waals surface area contributed by atoms with Crippen LogP contribution in [-0.4, -0.2) is 21.7 Å². The number of hydrogen-bond acceptors (Lipinski definition) is 4. The Morgan fingerprint density at radius 2 is 1.96 bits per heavy atom. The van der Waals surface area contributed by atoms with Gasteiger partial charge in [-0.2, -0.15) is 0 Å². The van der Waals surface area contributed by atoms with Crippen LogP contribution in [0.1, 0.15) is 37.6 Å². The summed E-state index contributed by atoms with van der Waals surface area (Å²) in [6.07, 6.45) is 1.69. The van der Waals surface area contributed by atoms with E-state index in [1.807, 2.05) is 13.8 Å². The molecule has 6 heteroatoms. The van der Waals surface area contributed by atoms with Gasteiger partial charge in [-0.15, -0.1) is 0 Å². The summed E-state index contributed by atoms with van der Waals surface area (Å²) in [5.41, 5.74) is 0.615. The summed E-state index contributed by atoms with van der Waals surface area (Å²) >= 11 is 0. The molecule has 1 aliphatic rings. The van der Waals surface area contributed by atoms with E-state index in [1.165, 1.54) is 35.4 Å². The molecule has 0 aliphatic carbocycles. The number of nitrogens with zero attached hydrogens (tertiary/aromatic N) is 1.